The van der Waals surface area contributed by atoms with Crippen molar-refractivity contribution in [1.29, 1.82) is 0 Å². The van der Waals surface area contributed by atoms with Gasteiger partial charge in [0.1, 0.15) is 0 Å². The van der Waals surface area contributed by atoms with Gasteiger partial charge in [-0.3, -0.25) is 4.79 Å². The maximum atomic E-state index is 12.1. The van der Waals surface area contributed by atoms with E-state index in [0.29, 0.717) is 11.8 Å². The molecule has 2 N–H and O–H groups in total. The Kier molecular flexibility index (Phi) is 5.26. The molecule has 1 fully saturated rings. The number of rotatable bonds is 4. The summed E-state index contributed by atoms with van der Waals surface area (Å²) in [7, 11) is 0. The third kappa shape index (κ3) is 3.48. The summed E-state index contributed by atoms with van der Waals surface area (Å²) < 4.78 is 0. The summed E-state index contributed by atoms with van der Waals surface area (Å²) in [5, 5.41) is 0. The van der Waals surface area contributed by atoms with E-state index >= 15 is 0 Å². The van der Waals surface area contributed by atoms with Crippen LogP contribution >= 0.6 is 0 Å². The van der Waals surface area contributed by atoms with Crippen molar-refractivity contribution in [2.24, 2.45) is 17.6 Å². The lowest BCUT2D eigenvalue weighted by atomic mass is 9.90. The molecule has 0 aliphatic carbocycles. The number of piperidine rings is 1. The van der Waals surface area contributed by atoms with Gasteiger partial charge >= 0.3 is 0 Å². The molecule has 0 radical (unpaired) electrons. The lowest BCUT2D eigenvalue weighted by molar-refractivity contribution is -0.136. The largest absolute Gasteiger partial charge is 0.342 e. The van der Waals surface area contributed by atoms with Crippen LogP contribution in [0.2, 0.25) is 0 Å². The molecule has 3 heteroatoms. The molecule has 1 rings (SSSR count). The first kappa shape index (κ1) is 13.5. The summed E-state index contributed by atoms with van der Waals surface area (Å²) in [5.41, 5.74) is 5.89. The SMILES string of the molecule is CCCC(C)C(=O)N1CCC(C(C)N)CC1. The summed E-state index contributed by atoms with van der Waals surface area (Å²) in [4.78, 5) is 14.1. The van der Waals surface area contributed by atoms with Crippen molar-refractivity contribution in [3.05, 3.63) is 0 Å². The van der Waals surface area contributed by atoms with E-state index in [1.165, 1.54) is 0 Å². The molecular formula is C13H26N2O. The molecule has 0 aromatic heterocycles. The molecule has 1 aliphatic heterocycles. The van der Waals surface area contributed by atoms with Crippen molar-refractivity contribution in [2.45, 2.75) is 52.5 Å². The van der Waals surface area contributed by atoms with Crippen LogP contribution in [-0.2, 0) is 4.79 Å². The lowest BCUT2D eigenvalue weighted by Gasteiger charge is -2.35. The van der Waals surface area contributed by atoms with Gasteiger partial charge < -0.3 is 10.6 Å². The highest BCUT2D eigenvalue weighted by molar-refractivity contribution is 5.78. The second kappa shape index (κ2) is 6.24. The van der Waals surface area contributed by atoms with Crippen LogP contribution in [0, 0.1) is 11.8 Å². The van der Waals surface area contributed by atoms with Crippen molar-refractivity contribution in [2.75, 3.05) is 13.1 Å². The Morgan fingerprint density at radius 1 is 1.38 bits per heavy atom. The first-order valence-corrected chi connectivity index (χ1v) is 6.60. The van der Waals surface area contributed by atoms with E-state index in [-0.39, 0.29) is 12.0 Å². The third-order valence-electron chi connectivity index (χ3n) is 3.74. The Labute approximate surface area is 99.4 Å². The first-order chi connectivity index (χ1) is 7.56. The van der Waals surface area contributed by atoms with E-state index in [0.717, 1.165) is 38.8 Å². The van der Waals surface area contributed by atoms with Crippen LogP contribution in [0.4, 0.5) is 0 Å². The van der Waals surface area contributed by atoms with Gasteiger partial charge in [-0.05, 0) is 32.1 Å². The molecule has 94 valence electrons. The Morgan fingerprint density at radius 2 is 1.94 bits per heavy atom. The molecule has 0 saturated carbocycles. The highest BCUT2D eigenvalue weighted by Crippen LogP contribution is 2.21. The molecule has 0 spiro atoms. The number of likely N-dealkylation sites (tertiary alicyclic amines) is 1. The number of nitrogens with two attached hydrogens (primary N) is 1. The average molecular weight is 226 g/mol. The van der Waals surface area contributed by atoms with Gasteiger partial charge in [0.25, 0.3) is 0 Å². The minimum absolute atomic E-state index is 0.192. The fourth-order valence-electron chi connectivity index (χ4n) is 2.51. The summed E-state index contributed by atoms with van der Waals surface area (Å²) in [6.07, 6.45) is 4.24. The predicted molar refractivity (Wildman–Crippen MR) is 67.0 cm³/mol. The summed E-state index contributed by atoms with van der Waals surface area (Å²) in [5.74, 6) is 1.13. The van der Waals surface area contributed by atoms with Crippen LogP contribution < -0.4 is 5.73 Å². The van der Waals surface area contributed by atoms with E-state index in [9.17, 15) is 4.79 Å². The highest BCUT2D eigenvalue weighted by atomic mass is 16.2. The molecule has 2 unspecified atom stereocenters. The van der Waals surface area contributed by atoms with Gasteiger partial charge in [-0.2, -0.15) is 0 Å². The maximum Gasteiger partial charge on any atom is 0.225 e. The van der Waals surface area contributed by atoms with Gasteiger partial charge in [0.2, 0.25) is 5.91 Å². The Balaban J connectivity index is 2.38. The standard InChI is InChI=1S/C13H26N2O/c1-4-5-10(2)13(16)15-8-6-12(7-9-15)11(3)14/h10-12H,4-9,14H2,1-3H3. The van der Waals surface area contributed by atoms with E-state index in [4.69, 9.17) is 5.73 Å². The summed E-state index contributed by atoms with van der Waals surface area (Å²) in [6, 6.07) is 0.269. The fourth-order valence-corrected chi connectivity index (χ4v) is 2.51. The molecule has 16 heavy (non-hydrogen) atoms. The lowest BCUT2D eigenvalue weighted by Crippen LogP contribution is -2.44. The zero-order valence-corrected chi connectivity index (χ0v) is 10.9. The predicted octanol–water partition coefficient (Wildman–Crippen LogP) is 2.01. The van der Waals surface area contributed by atoms with Crippen LogP contribution in [0.1, 0.15) is 46.5 Å². The molecule has 1 amide bonds. The average Bonchev–Trinajstić information content (AvgIpc) is 2.28. The molecular weight excluding hydrogens is 200 g/mol. The second-order valence-electron chi connectivity index (χ2n) is 5.21. The normalized spacial score (nSPS) is 21.9. The van der Waals surface area contributed by atoms with E-state index in [2.05, 4.69) is 13.8 Å². The van der Waals surface area contributed by atoms with E-state index < -0.39 is 0 Å². The molecule has 0 aromatic carbocycles. The summed E-state index contributed by atoms with van der Waals surface area (Å²) in [6.45, 7) is 8.05. The van der Waals surface area contributed by atoms with Crippen molar-refractivity contribution in [3.8, 4) is 0 Å². The molecule has 2 atom stereocenters. The molecule has 0 bridgehead atoms. The number of amides is 1. The number of hydrogen-bond acceptors (Lipinski definition) is 2. The van der Waals surface area contributed by atoms with Gasteiger partial charge in [0, 0.05) is 25.0 Å². The number of carbonyl (C=O) groups excluding carboxylic acids is 1. The Hall–Kier alpha value is -0.570. The molecule has 1 aliphatic rings. The molecule has 0 aromatic rings. The van der Waals surface area contributed by atoms with Gasteiger partial charge in [0.15, 0.2) is 0 Å². The minimum atomic E-state index is 0.192. The van der Waals surface area contributed by atoms with Crippen LogP contribution in [0.3, 0.4) is 0 Å². The van der Waals surface area contributed by atoms with Crippen molar-refractivity contribution >= 4 is 5.91 Å². The molecule has 1 saturated heterocycles. The molecule has 3 nitrogen and oxygen atoms in total. The van der Waals surface area contributed by atoms with Crippen LogP contribution in [0.5, 0.6) is 0 Å². The van der Waals surface area contributed by atoms with Crippen LogP contribution in [-0.4, -0.2) is 29.9 Å². The topological polar surface area (TPSA) is 46.3 Å². The Bertz CT molecular complexity index is 220. The van der Waals surface area contributed by atoms with Gasteiger partial charge in [-0.15, -0.1) is 0 Å². The third-order valence-corrected chi connectivity index (χ3v) is 3.74. The quantitative estimate of drug-likeness (QED) is 0.797. The van der Waals surface area contributed by atoms with Gasteiger partial charge in [-0.25, -0.2) is 0 Å². The smallest absolute Gasteiger partial charge is 0.225 e. The molecule has 1 heterocycles. The minimum Gasteiger partial charge on any atom is -0.342 e. The maximum absolute atomic E-state index is 12.1. The van der Waals surface area contributed by atoms with Crippen LogP contribution in [0.25, 0.3) is 0 Å². The van der Waals surface area contributed by atoms with E-state index in [1.807, 2.05) is 11.8 Å². The van der Waals surface area contributed by atoms with Gasteiger partial charge in [0.05, 0.1) is 0 Å². The first-order valence-electron chi connectivity index (χ1n) is 6.60. The number of carbonyl (C=O) groups is 1. The van der Waals surface area contributed by atoms with Crippen molar-refractivity contribution in [3.63, 3.8) is 0 Å². The zero-order chi connectivity index (χ0) is 12.1. The highest BCUT2D eigenvalue weighted by Gasteiger charge is 2.26. The Morgan fingerprint density at radius 3 is 2.38 bits per heavy atom. The fraction of sp³-hybridized carbons (Fsp3) is 0.923. The van der Waals surface area contributed by atoms with Crippen LogP contribution in [0.15, 0.2) is 0 Å². The van der Waals surface area contributed by atoms with E-state index in [1.54, 1.807) is 0 Å². The van der Waals surface area contributed by atoms with Gasteiger partial charge in [-0.1, -0.05) is 20.3 Å². The number of hydrogen-bond donors (Lipinski definition) is 1. The van der Waals surface area contributed by atoms with Crippen molar-refractivity contribution in [1.82, 2.24) is 4.90 Å². The number of nitrogens with zero attached hydrogens (tertiary/aromatic N) is 1. The second-order valence-corrected chi connectivity index (χ2v) is 5.21. The van der Waals surface area contributed by atoms with Crippen molar-refractivity contribution < 1.29 is 4.79 Å². The summed E-state index contributed by atoms with van der Waals surface area (Å²) >= 11 is 0. The monoisotopic (exact) mass is 226 g/mol. The zero-order valence-electron chi connectivity index (χ0n) is 10.9.